The standard InChI is InChI=1S/C12H21BrN2O/c1-5-6-9(2)7-16-8-11-12(13)10(3)14-15(11)4/h9H,5-8H2,1-4H3. The molecule has 1 heterocycles. The van der Waals surface area contributed by atoms with Crippen LogP contribution in [0, 0.1) is 12.8 Å². The molecule has 0 fully saturated rings. The van der Waals surface area contributed by atoms with Gasteiger partial charge < -0.3 is 4.74 Å². The lowest BCUT2D eigenvalue weighted by atomic mass is 10.1. The number of aryl methyl sites for hydroxylation is 2. The zero-order chi connectivity index (χ0) is 12.1. The Balaban J connectivity index is 2.43. The van der Waals surface area contributed by atoms with Crippen molar-refractivity contribution < 1.29 is 4.74 Å². The fourth-order valence-corrected chi connectivity index (χ4v) is 2.22. The van der Waals surface area contributed by atoms with E-state index in [0.717, 1.165) is 22.5 Å². The lowest BCUT2D eigenvalue weighted by Crippen LogP contribution is -2.08. The van der Waals surface area contributed by atoms with Gasteiger partial charge in [0.15, 0.2) is 0 Å². The summed E-state index contributed by atoms with van der Waals surface area (Å²) in [5, 5.41) is 4.33. The Morgan fingerprint density at radius 3 is 2.69 bits per heavy atom. The van der Waals surface area contributed by atoms with E-state index in [1.807, 2.05) is 18.7 Å². The summed E-state index contributed by atoms with van der Waals surface area (Å²) >= 11 is 3.54. The lowest BCUT2D eigenvalue weighted by molar-refractivity contribution is 0.0848. The van der Waals surface area contributed by atoms with Crippen LogP contribution in [0.25, 0.3) is 0 Å². The van der Waals surface area contributed by atoms with E-state index >= 15 is 0 Å². The normalized spacial score (nSPS) is 13.1. The van der Waals surface area contributed by atoms with E-state index in [2.05, 4.69) is 34.9 Å². The highest BCUT2D eigenvalue weighted by molar-refractivity contribution is 9.10. The van der Waals surface area contributed by atoms with E-state index in [4.69, 9.17) is 4.74 Å². The average molecular weight is 289 g/mol. The second kappa shape index (κ2) is 6.40. The largest absolute Gasteiger partial charge is 0.375 e. The first-order chi connectivity index (χ1) is 7.56. The van der Waals surface area contributed by atoms with Crippen molar-refractivity contribution in [3.05, 3.63) is 15.9 Å². The molecule has 1 aromatic heterocycles. The fraction of sp³-hybridized carbons (Fsp3) is 0.750. The topological polar surface area (TPSA) is 27.1 Å². The zero-order valence-corrected chi connectivity index (χ0v) is 12.2. The summed E-state index contributed by atoms with van der Waals surface area (Å²) in [6.07, 6.45) is 2.45. The molecule has 3 nitrogen and oxygen atoms in total. The highest BCUT2D eigenvalue weighted by atomic mass is 79.9. The molecule has 0 saturated carbocycles. The molecule has 0 spiro atoms. The molecular formula is C12H21BrN2O. The van der Waals surface area contributed by atoms with Gasteiger partial charge >= 0.3 is 0 Å². The van der Waals surface area contributed by atoms with Gasteiger partial charge in [0.1, 0.15) is 0 Å². The van der Waals surface area contributed by atoms with Crippen molar-refractivity contribution in [3.63, 3.8) is 0 Å². The third-order valence-corrected chi connectivity index (χ3v) is 3.72. The first kappa shape index (κ1) is 13.7. The molecule has 1 atom stereocenters. The van der Waals surface area contributed by atoms with Gasteiger partial charge in [0.05, 0.1) is 22.5 Å². The molecule has 0 aromatic carbocycles. The number of nitrogens with zero attached hydrogens (tertiary/aromatic N) is 2. The minimum atomic E-state index is 0.631. The quantitative estimate of drug-likeness (QED) is 0.802. The van der Waals surface area contributed by atoms with E-state index in [0.29, 0.717) is 12.5 Å². The van der Waals surface area contributed by atoms with Gasteiger partial charge in [0, 0.05) is 13.7 Å². The Morgan fingerprint density at radius 1 is 1.50 bits per heavy atom. The maximum absolute atomic E-state index is 5.72. The summed E-state index contributed by atoms with van der Waals surface area (Å²) in [5.74, 6) is 0.637. The van der Waals surface area contributed by atoms with Gasteiger partial charge in [-0.1, -0.05) is 20.3 Å². The van der Waals surface area contributed by atoms with Crippen molar-refractivity contribution >= 4 is 15.9 Å². The molecule has 92 valence electrons. The summed E-state index contributed by atoms with van der Waals surface area (Å²) in [5.41, 5.74) is 2.13. The van der Waals surface area contributed by atoms with Crippen LogP contribution in [-0.4, -0.2) is 16.4 Å². The van der Waals surface area contributed by atoms with E-state index < -0.39 is 0 Å². The van der Waals surface area contributed by atoms with E-state index in [1.165, 1.54) is 12.8 Å². The van der Waals surface area contributed by atoms with Gasteiger partial charge in [-0.3, -0.25) is 4.68 Å². The van der Waals surface area contributed by atoms with Gasteiger partial charge in [0.25, 0.3) is 0 Å². The third-order valence-electron chi connectivity index (χ3n) is 2.68. The van der Waals surface area contributed by atoms with Crippen molar-refractivity contribution in [2.24, 2.45) is 13.0 Å². The molecular weight excluding hydrogens is 268 g/mol. The number of aromatic nitrogens is 2. The SMILES string of the molecule is CCCC(C)COCc1c(Br)c(C)nn1C. The van der Waals surface area contributed by atoms with Crippen LogP contribution in [0.5, 0.6) is 0 Å². The van der Waals surface area contributed by atoms with Crippen LogP contribution in [0.4, 0.5) is 0 Å². The van der Waals surface area contributed by atoms with Crippen molar-refractivity contribution in [2.45, 2.75) is 40.2 Å². The van der Waals surface area contributed by atoms with E-state index in [-0.39, 0.29) is 0 Å². The van der Waals surface area contributed by atoms with Crippen LogP contribution in [0.3, 0.4) is 0 Å². The highest BCUT2D eigenvalue weighted by Crippen LogP contribution is 2.21. The highest BCUT2D eigenvalue weighted by Gasteiger charge is 2.10. The second-order valence-electron chi connectivity index (χ2n) is 4.38. The van der Waals surface area contributed by atoms with Gasteiger partial charge in [-0.15, -0.1) is 0 Å². The Labute approximate surface area is 106 Å². The van der Waals surface area contributed by atoms with Crippen molar-refractivity contribution in [1.82, 2.24) is 9.78 Å². The van der Waals surface area contributed by atoms with Crippen LogP contribution in [0.1, 0.15) is 38.1 Å². The second-order valence-corrected chi connectivity index (χ2v) is 5.17. The first-order valence-electron chi connectivity index (χ1n) is 5.82. The fourth-order valence-electron chi connectivity index (χ4n) is 1.77. The number of hydrogen-bond donors (Lipinski definition) is 0. The van der Waals surface area contributed by atoms with Gasteiger partial charge in [-0.25, -0.2) is 0 Å². The number of rotatable bonds is 6. The van der Waals surface area contributed by atoms with Crippen molar-refractivity contribution in [2.75, 3.05) is 6.61 Å². The van der Waals surface area contributed by atoms with Crippen LogP contribution in [0.2, 0.25) is 0 Å². The monoisotopic (exact) mass is 288 g/mol. The van der Waals surface area contributed by atoms with Crippen LogP contribution < -0.4 is 0 Å². The Kier molecular flexibility index (Phi) is 5.49. The molecule has 0 bridgehead atoms. The molecule has 1 unspecified atom stereocenters. The average Bonchev–Trinajstić information content (AvgIpc) is 2.45. The maximum atomic E-state index is 5.72. The van der Waals surface area contributed by atoms with Gasteiger partial charge in [-0.2, -0.15) is 5.10 Å². The minimum Gasteiger partial charge on any atom is -0.375 e. The number of halogens is 1. The summed E-state index contributed by atoms with van der Waals surface area (Å²) in [7, 11) is 1.95. The molecule has 1 aromatic rings. The van der Waals surface area contributed by atoms with Gasteiger partial charge in [-0.05, 0) is 35.2 Å². The molecule has 0 aliphatic rings. The van der Waals surface area contributed by atoms with Crippen LogP contribution >= 0.6 is 15.9 Å². The Hall–Kier alpha value is -0.350. The molecule has 0 N–H and O–H groups in total. The minimum absolute atomic E-state index is 0.631. The molecule has 4 heteroatoms. The predicted octanol–water partition coefficient (Wildman–Crippen LogP) is 3.44. The summed E-state index contributed by atoms with van der Waals surface area (Å²) in [4.78, 5) is 0. The first-order valence-corrected chi connectivity index (χ1v) is 6.61. The molecule has 0 aliphatic heterocycles. The smallest absolute Gasteiger partial charge is 0.0896 e. The molecule has 0 aliphatic carbocycles. The molecule has 1 rings (SSSR count). The van der Waals surface area contributed by atoms with E-state index in [1.54, 1.807) is 0 Å². The number of hydrogen-bond acceptors (Lipinski definition) is 2. The lowest BCUT2D eigenvalue weighted by Gasteiger charge is -2.11. The Bertz CT molecular complexity index is 336. The predicted molar refractivity (Wildman–Crippen MR) is 69.4 cm³/mol. The third kappa shape index (κ3) is 3.59. The van der Waals surface area contributed by atoms with Crippen molar-refractivity contribution in [3.8, 4) is 0 Å². The molecule has 16 heavy (non-hydrogen) atoms. The Morgan fingerprint density at radius 2 is 2.19 bits per heavy atom. The van der Waals surface area contributed by atoms with Crippen LogP contribution in [0.15, 0.2) is 4.47 Å². The maximum Gasteiger partial charge on any atom is 0.0896 e. The van der Waals surface area contributed by atoms with E-state index in [9.17, 15) is 0 Å². The van der Waals surface area contributed by atoms with Gasteiger partial charge in [0.2, 0.25) is 0 Å². The number of ether oxygens (including phenoxy) is 1. The van der Waals surface area contributed by atoms with Crippen molar-refractivity contribution in [1.29, 1.82) is 0 Å². The zero-order valence-electron chi connectivity index (χ0n) is 10.6. The molecule has 0 amide bonds. The summed E-state index contributed by atoms with van der Waals surface area (Å²) in [6, 6.07) is 0. The molecule has 0 saturated heterocycles. The summed E-state index contributed by atoms with van der Waals surface area (Å²) in [6.45, 7) is 7.88. The molecule has 0 radical (unpaired) electrons. The van der Waals surface area contributed by atoms with Crippen LogP contribution in [-0.2, 0) is 18.4 Å². The summed E-state index contributed by atoms with van der Waals surface area (Å²) < 4.78 is 8.66.